The molecule has 0 radical (unpaired) electrons. The van der Waals surface area contributed by atoms with Crippen LogP contribution in [-0.4, -0.2) is 84.4 Å². The van der Waals surface area contributed by atoms with Crippen molar-refractivity contribution in [1.29, 1.82) is 0 Å². The first-order valence-electron chi connectivity index (χ1n) is 12.7. The summed E-state index contributed by atoms with van der Waals surface area (Å²) in [5, 5.41) is 14.2. The van der Waals surface area contributed by atoms with Crippen molar-refractivity contribution in [3.05, 3.63) is 72.0 Å². The predicted octanol–water partition coefficient (Wildman–Crippen LogP) is 3.20. The van der Waals surface area contributed by atoms with E-state index in [-0.39, 0.29) is 5.91 Å². The molecule has 4 rings (SSSR count). The quantitative estimate of drug-likeness (QED) is 0.201. The Kier molecular flexibility index (Phi) is 9.31. The second-order valence-electron chi connectivity index (χ2n) is 9.53. The standard InChI is InChI=1S/C28H36N8O/c1-29-19-24(7-6-10-30-11-14-35(2)3)32-28(37)27-25-16-22(8-9-26(25)33-34-27)23-15-21(17-31-18-23)20-36-12-4-5-13-36/h6-9,15-19,30H,1,4-5,10-14,20H2,2-3H3,(H,32,37)(H,33,34)/b7-6-,24-19+. The van der Waals surface area contributed by atoms with Gasteiger partial charge < -0.3 is 15.5 Å². The lowest BCUT2D eigenvalue weighted by Gasteiger charge is -2.14. The zero-order valence-electron chi connectivity index (χ0n) is 21.7. The third-order valence-corrected chi connectivity index (χ3v) is 6.29. The van der Waals surface area contributed by atoms with E-state index < -0.39 is 0 Å². The molecule has 1 amide bonds. The highest BCUT2D eigenvalue weighted by atomic mass is 16.2. The second-order valence-corrected chi connectivity index (χ2v) is 9.53. The van der Waals surface area contributed by atoms with Crippen molar-refractivity contribution >= 4 is 23.5 Å². The maximum Gasteiger partial charge on any atom is 0.276 e. The average Bonchev–Trinajstić information content (AvgIpc) is 3.55. The normalized spacial score (nSPS) is 14.7. The lowest BCUT2D eigenvalue weighted by molar-refractivity contribution is 0.0963. The first-order chi connectivity index (χ1) is 18.0. The second kappa shape index (κ2) is 13.0. The maximum absolute atomic E-state index is 13.1. The molecule has 37 heavy (non-hydrogen) atoms. The van der Waals surface area contributed by atoms with Crippen LogP contribution in [0, 0.1) is 0 Å². The van der Waals surface area contributed by atoms with E-state index in [4.69, 9.17) is 0 Å². The molecular weight excluding hydrogens is 464 g/mol. The molecule has 3 aromatic rings. The number of pyridine rings is 1. The van der Waals surface area contributed by atoms with Crippen LogP contribution >= 0.6 is 0 Å². The number of carbonyl (C=O) groups excluding carboxylic acids is 1. The number of aromatic nitrogens is 3. The van der Waals surface area contributed by atoms with E-state index in [1.807, 2.05) is 56.8 Å². The number of benzene rings is 1. The number of aliphatic imine (C=N–C) groups is 1. The van der Waals surface area contributed by atoms with E-state index in [0.717, 1.165) is 54.8 Å². The number of likely N-dealkylation sites (tertiary alicyclic amines) is 1. The molecule has 1 aliphatic rings. The van der Waals surface area contributed by atoms with Gasteiger partial charge in [-0.1, -0.05) is 12.1 Å². The molecule has 0 spiro atoms. The number of likely N-dealkylation sites (N-methyl/N-ethyl adjacent to an activating group) is 1. The van der Waals surface area contributed by atoms with Crippen molar-refractivity contribution in [2.45, 2.75) is 19.4 Å². The lowest BCUT2D eigenvalue weighted by atomic mass is 10.0. The monoisotopic (exact) mass is 500 g/mol. The molecule has 3 heterocycles. The fourth-order valence-electron chi connectivity index (χ4n) is 4.38. The number of rotatable bonds is 12. The smallest absolute Gasteiger partial charge is 0.276 e. The topological polar surface area (TPSA) is 102 Å². The zero-order valence-corrected chi connectivity index (χ0v) is 21.7. The number of aromatic amines is 1. The summed E-state index contributed by atoms with van der Waals surface area (Å²) in [5.74, 6) is -0.315. The lowest BCUT2D eigenvalue weighted by Crippen LogP contribution is -2.26. The van der Waals surface area contributed by atoms with Crippen LogP contribution in [0.1, 0.15) is 28.9 Å². The Hall–Kier alpha value is -3.66. The number of nitrogens with zero attached hydrogens (tertiary/aromatic N) is 5. The van der Waals surface area contributed by atoms with Gasteiger partial charge in [-0.2, -0.15) is 5.10 Å². The fourth-order valence-corrected chi connectivity index (χ4v) is 4.38. The van der Waals surface area contributed by atoms with Crippen LogP contribution < -0.4 is 10.6 Å². The van der Waals surface area contributed by atoms with Gasteiger partial charge in [0.25, 0.3) is 5.91 Å². The van der Waals surface area contributed by atoms with Gasteiger partial charge in [-0.15, -0.1) is 0 Å². The van der Waals surface area contributed by atoms with Crippen molar-refractivity contribution in [2.24, 2.45) is 4.99 Å². The van der Waals surface area contributed by atoms with E-state index in [1.54, 1.807) is 0 Å². The molecular formula is C28H36N8O. The Bertz CT molecular complexity index is 1270. The largest absolute Gasteiger partial charge is 0.319 e. The third kappa shape index (κ3) is 7.42. The molecule has 1 aliphatic heterocycles. The SMILES string of the molecule is C=N/C=C(\C=C/CNCCN(C)C)NC(=O)c1n[nH]c2ccc(-c3cncc(CN4CCCC4)c3)cc12. The number of fused-ring (bicyclic) bond motifs is 1. The summed E-state index contributed by atoms with van der Waals surface area (Å²) in [6.45, 7) is 9.22. The van der Waals surface area contributed by atoms with Gasteiger partial charge >= 0.3 is 0 Å². The molecule has 194 valence electrons. The van der Waals surface area contributed by atoms with Gasteiger partial charge in [-0.3, -0.25) is 24.8 Å². The van der Waals surface area contributed by atoms with Crippen molar-refractivity contribution in [1.82, 2.24) is 35.6 Å². The van der Waals surface area contributed by atoms with Crippen LogP contribution in [0.4, 0.5) is 0 Å². The summed E-state index contributed by atoms with van der Waals surface area (Å²) in [7, 11) is 4.07. The minimum Gasteiger partial charge on any atom is -0.319 e. The highest BCUT2D eigenvalue weighted by Crippen LogP contribution is 2.26. The van der Waals surface area contributed by atoms with Crippen molar-refractivity contribution in [2.75, 3.05) is 46.8 Å². The van der Waals surface area contributed by atoms with Gasteiger partial charge in [0.2, 0.25) is 0 Å². The zero-order chi connectivity index (χ0) is 26.0. The summed E-state index contributed by atoms with van der Waals surface area (Å²) in [6, 6.07) is 8.14. The van der Waals surface area contributed by atoms with Gasteiger partial charge in [-0.05, 0) is 82.1 Å². The van der Waals surface area contributed by atoms with Crippen molar-refractivity contribution in [3.8, 4) is 11.1 Å². The van der Waals surface area contributed by atoms with Gasteiger partial charge in [0.15, 0.2) is 5.69 Å². The highest BCUT2D eigenvalue weighted by molar-refractivity contribution is 6.06. The Morgan fingerprint density at radius 2 is 2.05 bits per heavy atom. The third-order valence-electron chi connectivity index (χ3n) is 6.29. The van der Waals surface area contributed by atoms with Crippen LogP contribution in [0.2, 0.25) is 0 Å². The van der Waals surface area contributed by atoms with Gasteiger partial charge in [0.1, 0.15) is 0 Å². The van der Waals surface area contributed by atoms with Gasteiger partial charge in [0.05, 0.1) is 11.2 Å². The van der Waals surface area contributed by atoms with E-state index in [1.165, 1.54) is 24.6 Å². The molecule has 2 aromatic heterocycles. The number of hydrogen-bond donors (Lipinski definition) is 3. The van der Waals surface area contributed by atoms with E-state index >= 15 is 0 Å². The van der Waals surface area contributed by atoms with Gasteiger partial charge in [-0.25, -0.2) is 0 Å². The van der Waals surface area contributed by atoms with Crippen LogP contribution in [0.15, 0.2) is 65.7 Å². The van der Waals surface area contributed by atoms with Crippen molar-refractivity contribution < 1.29 is 4.79 Å². The summed E-state index contributed by atoms with van der Waals surface area (Å²) in [6.07, 6.45) is 11.6. The molecule has 1 saturated heterocycles. The molecule has 0 unspecified atom stereocenters. The number of nitrogens with one attached hydrogen (secondary N) is 3. The van der Waals surface area contributed by atoms with Crippen LogP contribution in [-0.2, 0) is 6.54 Å². The highest BCUT2D eigenvalue weighted by Gasteiger charge is 2.16. The fraction of sp³-hybridized carbons (Fsp3) is 0.357. The van der Waals surface area contributed by atoms with Gasteiger partial charge in [0, 0.05) is 55.7 Å². The van der Waals surface area contributed by atoms with Crippen LogP contribution in [0.5, 0.6) is 0 Å². The molecule has 0 bridgehead atoms. The number of hydrogen-bond acceptors (Lipinski definition) is 7. The summed E-state index contributed by atoms with van der Waals surface area (Å²) >= 11 is 0. The average molecular weight is 501 g/mol. The van der Waals surface area contributed by atoms with E-state index in [2.05, 4.69) is 53.4 Å². The van der Waals surface area contributed by atoms with Crippen LogP contribution in [0.25, 0.3) is 22.0 Å². The summed E-state index contributed by atoms with van der Waals surface area (Å²) in [4.78, 5) is 26.0. The molecule has 1 aromatic carbocycles. The molecule has 1 fully saturated rings. The molecule has 0 aliphatic carbocycles. The first-order valence-corrected chi connectivity index (χ1v) is 12.7. The molecule has 9 nitrogen and oxygen atoms in total. The Morgan fingerprint density at radius 3 is 2.84 bits per heavy atom. The van der Waals surface area contributed by atoms with Crippen LogP contribution in [0.3, 0.4) is 0 Å². The molecule has 9 heteroatoms. The Labute approximate surface area is 218 Å². The molecule has 0 atom stereocenters. The predicted molar refractivity (Wildman–Crippen MR) is 149 cm³/mol. The molecule has 3 N–H and O–H groups in total. The number of allylic oxidation sites excluding steroid dienone is 1. The van der Waals surface area contributed by atoms with E-state index in [9.17, 15) is 4.79 Å². The Morgan fingerprint density at radius 1 is 1.22 bits per heavy atom. The first kappa shape index (κ1) is 26.4. The maximum atomic E-state index is 13.1. The molecule has 0 saturated carbocycles. The number of carbonyl (C=O) groups is 1. The number of H-pyrrole nitrogens is 1. The minimum atomic E-state index is -0.315. The van der Waals surface area contributed by atoms with E-state index in [0.29, 0.717) is 17.9 Å². The number of amides is 1. The van der Waals surface area contributed by atoms with Crippen molar-refractivity contribution in [3.63, 3.8) is 0 Å². The Balaban J connectivity index is 1.47. The summed E-state index contributed by atoms with van der Waals surface area (Å²) in [5.41, 5.74) is 4.87. The summed E-state index contributed by atoms with van der Waals surface area (Å²) < 4.78 is 0. The minimum absolute atomic E-state index is 0.315.